The van der Waals surface area contributed by atoms with Gasteiger partial charge in [0.05, 0.1) is 11.1 Å². The second kappa shape index (κ2) is 3.61. The van der Waals surface area contributed by atoms with E-state index in [4.69, 9.17) is 5.11 Å². The average Bonchev–Trinajstić information content (AvgIpc) is 2.03. The molecule has 0 saturated heterocycles. The van der Waals surface area contributed by atoms with E-state index in [0.717, 1.165) is 0 Å². The molecule has 1 N–H and O–H groups in total. The van der Waals surface area contributed by atoms with Crippen molar-refractivity contribution < 1.29 is 14.8 Å². The van der Waals surface area contributed by atoms with Crippen molar-refractivity contribution >= 4 is 5.97 Å². The maximum Gasteiger partial charge on any atom is 0.336 e. The molecule has 6 heteroatoms. The Bertz CT molecular complexity index is 350. The van der Waals surface area contributed by atoms with Gasteiger partial charge in [-0.25, -0.2) is 4.79 Å². The Morgan fingerprint density at radius 2 is 2.38 bits per heavy atom. The average molecular weight is 182 g/mol. The summed E-state index contributed by atoms with van der Waals surface area (Å²) >= 11 is 0. The van der Waals surface area contributed by atoms with E-state index in [1.54, 1.807) is 0 Å². The maximum absolute atomic E-state index is 10.6. The number of aromatic carboxylic acids is 1. The smallest absolute Gasteiger partial charge is 0.336 e. The molecule has 0 spiro atoms. The van der Waals surface area contributed by atoms with Gasteiger partial charge in [-0.15, -0.1) is 0 Å². The molecule has 0 aromatic carbocycles. The van der Waals surface area contributed by atoms with Gasteiger partial charge in [0, 0.05) is 17.3 Å². The molecular weight excluding hydrogens is 176 g/mol. The monoisotopic (exact) mass is 182 g/mol. The molecule has 0 atom stereocenters. The number of nitro groups is 1. The molecule has 0 bridgehead atoms. The largest absolute Gasteiger partial charge is 0.478 e. The molecular formula is C7H6N2O4. The van der Waals surface area contributed by atoms with Gasteiger partial charge in [0.25, 0.3) is 0 Å². The van der Waals surface area contributed by atoms with Crippen LogP contribution in [0.1, 0.15) is 15.9 Å². The SMILES string of the molecule is O=C(O)c1ccncc1C[N+](=O)[O-]. The minimum Gasteiger partial charge on any atom is -0.478 e. The highest BCUT2D eigenvalue weighted by atomic mass is 16.6. The van der Waals surface area contributed by atoms with E-state index in [0.29, 0.717) is 0 Å². The summed E-state index contributed by atoms with van der Waals surface area (Å²) in [5.41, 5.74) is 0.0340. The number of carboxylic acid groups (broad SMARTS) is 1. The van der Waals surface area contributed by atoms with E-state index in [1.165, 1.54) is 18.5 Å². The van der Waals surface area contributed by atoms with E-state index in [9.17, 15) is 14.9 Å². The standard InChI is InChI=1S/C7H6N2O4/c10-7(11)6-1-2-8-3-5(6)4-9(12)13/h1-3H,4H2,(H,10,11). The first-order valence-electron chi connectivity index (χ1n) is 3.39. The third kappa shape index (κ3) is 2.22. The fourth-order valence-electron chi connectivity index (χ4n) is 0.901. The van der Waals surface area contributed by atoms with Crippen molar-refractivity contribution in [3.8, 4) is 0 Å². The van der Waals surface area contributed by atoms with Crippen LogP contribution in [-0.2, 0) is 6.54 Å². The van der Waals surface area contributed by atoms with Gasteiger partial charge in [0.15, 0.2) is 0 Å². The van der Waals surface area contributed by atoms with Crippen LogP contribution in [0.4, 0.5) is 0 Å². The number of hydrogen-bond donors (Lipinski definition) is 1. The van der Waals surface area contributed by atoms with Gasteiger partial charge in [0.2, 0.25) is 6.54 Å². The lowest BCUT2D eigenvalue weighted by molar-refractivity contribution is -0.496. The molecule has 0 radical (unpaired) electrons. The topological polar surface area (TPSA) is 93.3 Å². The summed E-state index contributed by atoms with van der Waals surface area (Å²) < 4.78 is 0. The maximum atomic E-state index is 10.6. The fourth-order valence-corrected chi connectivity index (χ4v) is 0.901. The van der Waals surface area contributed by atoms with Crippen LogP contribution in [0.3, 0.4) is 0 Å². The Morgan fingerprint density at radius 1 is 1.69 bits per heavy atom. The zero-order valence-corrected chi connectivity index (χ0v) is 6.51. The molecule has 1 aromatic heterocycles. The zero-order chi connectivity index (χ0) is 9.84. The lowest BCUT2D eigenvalue weighted by atomic mass is 10.1. The lowest BCUT2D eigenvalue weighted by Gasteiger charge is -1.98. The molecule has 68 valence electrons. The molecule has 0 aliphatic heterocycles. The minimum absolute atomic E-state index is 0.0771. The van der Waals surface area contributed by atoms with E-state index in [2.05, 4.69) is 4.98 Å². The number of hydrogen-bond acceptors (Lipinski definition) is 4. The van der Waals surface area contributed by atoms with Crippen LogP contribution in [0.2, 0.25) is 0 Å². The summed E-state index contributed by atoms with van der Waals surface area (Å²) in [6.45, 7) is -0.518. The first-order chi connectivity index (χ1) is 6.11. The van der Waals surface area contributed by atoms with E-state index in [1.807, 2.05) is 0 Å². The second-order valence-electron chi connectivity index (χ2n) is 2.33. The summed E-state index contributed by atoms with van der Waals surface area (Å²) in [4.78, 5) is 23.7. The highest BCUT2D eigenvalue weighted by Gasteiger charge is 2.13. The molecule has 0 aliphatic rings. The van der Waals surface area contributed by atoms with Gasteiger partial charge in [-0.05, 0) is 6.07 Å². The van der Waals surface area contributed by atoms with Crippen LogP contribution in [0.5, 0.6) is 0 Å². The number of nitrogens with zero attached hydrogens (tertiary/aromatic N) is 2. The van der Waals surface area contributed by atoms with Gasteiger partial charge in [0.1, 0.15) is 0 Å². The Hall–Kier alpha value is -1.98. The molecule has 1 heterocycles. The summed E-state index contributed by atoms with van der Waals surface area (Å²) in [6.07, 6.45) is 2.47. The highest BCUT2D eigenvalue weighted by Crippen LogP contribution is 2.07. The first kappa shape index (κ1) is 9.11. The van der Waals surface area contributed by atoms with Gasteiger partial charge < -0.3 is 5.11 Å². The normalized spacial score (nSPS) is 9.54. The number of aromatic nitrogens is 1. The third-order valence-corrected chi connectivity index (χ3v) is 1.43. The van der Waals surface area contributed by atoms with E-state index >= 15 is 0 Å². The molecule has 0 fully saturated rings. The van der Waals surface area contributed by atoms with Gasteiger partial charge >= 0.3 is 5.97 Å². The predicted octanol–water partition coefficient (Wildman–Crippen LogP) is 0.556. The van der Waals surface area contributed by atoms with Crippen LogP contribution in [0, 0.1) is 10.1 Å². The van der Waals surface area contributed by atoms with Crippen LogP contribution < -0.4 is 0 Å². The van der Waals surface area contributed by atoms with Crippen LogP contribution in [0.15, 0.2) is 18.5 Å². The molecule has 0 unspecified atom stereocenters. The second-order valence-corrected chi connectivity index (χ2v) is 2.33. The zero-order valence-electron chi connectivity index (χ0n) is 6.51. The molecule has 13 heavy (non-hydrogen) atoms. The van der Waals surface area contributed by atoms with Crippen LogP contribution >= 0.6 is 0 Å². The molecule has 0 amide bonds. The summed E-state index contributed by atoms with van der Waals surface area (Å²) in [7, 11) is 0. The summed E-state index contributed by atoms with van der Waals surface area (Å²) in [5, 5.41) is 18.8. The number of pyridine rings is 1. The quantitative estimate of drug-likeness (QED) is 0.544. The van der Waals surface area contributed by atoms with Crippen molar-refractivity contribution in [3.05, 3.63) is 39.7 Å². The van der Waals surface area contributed by atoms with Crippen molar-refractivity contribution in [1.82, 2.24) is 4.98 Å². The van der Waals surface area contributed by atoms with Crippen LogP contribution in [-0.4, -0.2) is 21.0 Å². The highest BCUT2D eigenvalue weighted by molar-refractivity contribution is 5.89. The fraction of sp³-hybridized carbons (Fsp3) is 0.143. The number of carboxylic acids is 1. The minimum atomic E-state index is -1.18. The Morgan fingerprint density at radius 3 is 2.92 bits per heavy atom. The van der Waals surface area contributed by atoms with Crippen molar-refractivity contribution in [2.75, 3.05) is 0 Å². The Kier molecular flexibility index (Phi) is 2.53. The number of rotatable bonds is 3. The van der Waals surface area contributed by atoms with Crippen molar-refractivity contribution in [1.29, 1.82) is 0 Å². The van der Waals surface area contributed by atoms with E-state index < -0.39 is 17.4 Å². The predicted molar refractivity (Wildman–Crippen MR) is 41.9 cm³/mol. The first-order valence-corrected chi connectivity index (χ1v) is 3.39. The van der Waals surface area contributed by atoms with Crippen molar-refractivity contribution in [2.45, 2.75) is 6.54 Å². The molecule has 0 saturated carbocycles. The lowest BCUT2D eigenvalue weighted by Crippen LogP contribution is -2.07. The Balaban J connectivity index is 3.04. The van der Waals surface area contributed by atoms with E-state index in [-0.39, 0.29) is 11.1 Å². The molecule has 6 nitrogen and oxygen atoms in total. The summed E-state index contributed by atoms with van der Waals surface area (Å²) in [6, 6.07) is 1.24. The van der Waals surface area contributed by atoms with Gasteiger partial charge in [-0.1, -0.05) is 0 Å². The third-order valence-electron chi connectivity index (χ3n) is 1.43. The summed E-state index contributed by atoms with van der Waals surface area (Å²) in [5.74, 6) is -1.18. The van der Waals surface area contributed by atoms with Gasteiger partial charge in [-0.3, -0.25) is 15.1 Å². The molecule has 1 rings (SSSR count). The Labute approximate surface area is 73.0 Å². The van der Waals surface area contributed by atoms with Gasteiger partial charge in [-0.2, -0.15) is 0 Å². The molecule has 1 aromatic rings. The number of carbonyl (C=O) groups is 1. The molecule has 0 aliphatic carbocycles. The van der Waals surface area contributed by atoms with Crippen molar-refractivity contribution in [2.24, 2.45) is 0 Å². The van der Waals surface area contributed by atoms with Crippen molar-refractivity contribution in [3.63, 3.8) is 0 Å². The van der Waals surface area contributed by atoms with Crippen LogP contribution in [0.25, 0.3) is 0 Å².